The van der Waals surface area contributed by atoms with Gasteiger partial charge in [0.1, 0.15) is 17.6 Å². The second-order valence-electron chi connectivity index (χ2n) is 2.77. The normalized spacial score (nSPS) is 10.8. The number of rotatable bonds is 1. The number of hydrogen-bond acceptors (Lipinski definition) is 4. The highest BCUT2D eigenvalue weighted by molar-refractivity contribution is 7.80. The third-order valence-corrected chi connectivity index (χ3v) is 1.70. The Hall–Kier alpha value is -1.90. The molecule has 0 aliphatic carbocycles. The van der Waals surface area contributed by atoms with Crippen LogP contribution in [-0.4, -0.2) is 16.2 Å². The first-order valence-corrected chi connectivity index (χ1v) is 4.53. The molecule has 0 aliphatic rings. The first-order valence-electron chi connectivity index (χ1n) is 4.12. The Morgan fingerprint density at radius 3 is 2.59 bits per heavy atom. The fourth-order valence-electron chi connectivity index (χ4n) is 0.902. The molecule has 1 aromatic heterocycles. The van der Waals surface area contributed by atoms with Gasteiger partial charge in [-0.25, -0.2) is 4.98 Å². The van der Waals surface area contributed by atoms with Gasteiger partial charge in [-0.3, -0.25) is 0 Å². The van der Waals surface area contributed by atoms with Crippen LogP contribution in [0.5, 0.6) is 0 Å². The summed E-state index contributed by atoms with van der Waals surface area (Å²) < 4.78 is 36.8. The lowest BCUT2D eigenvalue weighted by atomic mass is 10.3. The minimum Gasteiger partial charge on any atom is -0.530 e. The molecule has 1 aromatic rings. The van der Waals surface area contributed by atoms with Crippen LogP contribution in [0, 0.1) is 0 Å². The molecule has 17 heavy (non-hydrogen) atoms. The summed E-state index contributed by atoms with van der Waals surface area (Å²) in [5.74, 6) is -0.224. The van der Waals surface area contributed by atoms with Crippen molar-refractivity contribution in [2.24, 2.45) is 0 Å². The maximum Gasteiger partial charge on any atom is 0.433 e. The van der Waals surface area contributed by atoms with Gasteiger partial charge in [-0.1, -0.05) is 6.07 Å². The van der Waals surface area contributed by atoms with Crippen molar-refractivity contribution in [2.75, 3.05) is 5.32 Å². The maximum atomic E-state index is 12.3. The molecule has 0 fully saturated rings. The Labute approximate surface area is 98.7 Å². The Bertz CT molecular complexity index is 450. The molecule has 9 heteroatoms. The number of thiocarbonyl (C=S) groups is 1. The van der Waals surface area contributed by atoms with E-state index in [1.807, 2.05) is 0 Å². The zero-order valence-corrected chi connectivity index (χ0v) is 8.85. The zero-order valence-electron chi connectivity index (χ0n) is 8.04. The Balaban J connectivity index is 2.79. The molecule has 1 rings (SSSR count). The van der Waals surface area contributed by atoms with Crippen LogP contribution in [0.25, 0.3) is 0 Å². The number of aromatic nitrogens is 1. The van der Waals surface area contributed by atoms with Gasteiger partial charge in [0.25, 0.3) is 0 Å². The van der Waals surface area contributed by atoms with Gasteiger partial charge in [0.2, 0.25) is 0 Å². The third kappa shape index (κ3) is 4.23. The lowest BCUT2D eigenvalue weighted by Crippen LogP contribution is -2.42. The van der Waals surface area contributed by atoms with Crippen LogP contribution >= 0.6 is 12.2 Å². The summed E-state index contributed by atoms with van der Waals surface area (Å²) in [6.07, 6.45) is -6.25. The number of nitrogens with zero attached hydrogens (tertiary/aromatic N) is 1. The molecule has 5 nitrogen and oxygen atoms in total. The van der Waals surface area contributed by atoms with E-state index in [-0.39, 0.29) is 5.82 Å². The van der Waals surface area contributed by atoms with Crippen molar-refractivity contribution in [1.82, 2.24) is 10.3 Å². The van der Waals surface area contributed by atoms with Crippen LogP contribution in [0.1, 0.15) is 5.69 Å². The molecule has 1 heterocycles. The minimum absolute atomic E-state index is 0.224. The molecule has 92 valence electrons. The molecule has 0 spiro atoms. The molecule has 0 aromatic carbocycles. The van der Waals surface area contributed by atoms with Crippen LogP contribution in [0.2, 0.25) is 0 Å². The molecule has 0 unspecified atom stereocenters. The molecular weight excluding hydrogens is 259 g/mol. The van der Waals surface area contributed by atoms with Gasteiger partial charge < -0.3 is 20.5 Å². The van der Waals surface area contributed by atoms with E-state index in [9.17, 15) is 23.1 Å². The molecule has 0 saturated heterocycles. The first-order chi connectivity index (χ1) is 7.79. The van der Waals surface area contributed by atoms with E-state index in [2.05, 4.69) is 22.5 Å². The second kappa shape index (κ2) is 4.95. The average molecular weight is 264 g/mol. The van der Waals surface area contributed by atoms with Gasteiger partial charge >= 0.3 is 6.18 Å². The fourth-order valence-corrected chi connectivity index (χ4v) is 1.09. The van der Waals surface area contributed by atoms with Crippen molar-refractivity contribution in [2.45, 2.75) is 6.18 Å². The Morgan fingerprint density at radius 2 is 2.06 bits per heavy atom. The van der Waals surface area contributed by atoms with Gasteiger partial charge in [-0.05, 0) is 24.4 Å². The summed E-state index contributed by atoms with van der Waals surface area (Å²) >= 11 is 4.48. The topological polar surface area (TPSA) is 77.1 Å². The SMILES string of the molecule is O=C([O-])NC(=S)Nc1cccc(C(F)(F)F)n1. The van der Waals surface area contributed by atoms with Crippen LogP contribution in [0.15, 0.2) is 18.2 Å². The number of anilines is 1. The second-order valence-corrected chi connectivity index (χ2v) is 3.18. The molecule has 2 N–H and O–H groups in total. The summed E-state index contributed by atoms with van der Waals surface area (Å²) in [5, 5.41) is 13.5. The predicted octanol–water partition coefficient (Wildman–Crippen LogP) is 0.730. The van der Waals surface area contributed by atoms with Crippen LogP contribution in [0.4, 0.5) is 23.8 Å². The minimum atomic E-state index is -4.58. The molecular formula is C8H5F3N3O2S-. The monoisotopic (exact) mass is 264 g/mol. The van der Waals surface area contributed by atoms with Crippen molar-refractivity contribution < 1.29 is 23.1 Å². The van der Waals surface area contributed by atoms with Crippen LogP contribution in [0.3, 0.4) is 0 Å². The lowest BCUT2D eigenvalue weighted by molar-refractivity contribution is -0.248. The molecule has 0 bridgehead atoms. The number of halogens is 3. The molecule has 0 saturated carbocycles. The third-order valence-electron chi connectivity index (χ3n) is 1.50. The zero-order chi connectivity index (χ0) is 13.1. The fraction of sp³-hybridized carbons (Fsp3) is 0.125. The van der Waals surface area contributed by atoms with E-state index < -0.39 is 23.1 Å². The number of pyridine rings is 1. The van der Waals surface area contributed by atoms with E-state index in [0.717, 1.165) is 12.1 Å². The van der Waals surface area contributed by atoms with Crippen molar-refractivity contribution in [3.05, 3.63) is 23.9 Å². The highest BCUT2D eigenvalue weighted by atomic mass is 32.1. The largest absolute Gasteiger partial charge is 0.530 e. The standard InChI is InChI=1S/C8H6F3N3O2S/c9-8(10,11)4-2-1-3-5(12-4)13-6(17)14-7(15)16/h1-3H,(H,15,16)(H2,12,13,14,17)/p-1. The number of alkyl halides is 3. The van der Waals surface area contributed by atoms with Gasteiger partial charge in [-0.15, -0.1) is 0 Å². The number of hydrogen-bond donors (Lipinski definition) is 2. The van der Waals surface area contributed by atoms with Gasteiger partial charge in [-0.2, -0.15) is 13.2 Å². The molecule has 0 atom stereocenters. The maximum absolute atomic E-state index is 12.3. The number of carboxylic acid groups (broad SMARTS) is 1. The average Bonchev–Trinajstić information content (AvgIpc) is 2.15. The van der Waals surface area contributed by atoms with Crippen molar-refractivity contribution in [1.29, 1.82) is 0 Å². The smallest absolute Gasteiger partial charge is 0.433 e. The van der Waals surface area contributed by atoms with Crippen molar-refractivity contribution in [3.8, 4) is 0 Å². The highest BCUT2D eigenvalue weighted by Gasteiger charge is 2.32. The number of amides is 1. The molecule has 1 amide bonds. The Morgan fingerprint density at radius 1 is 1.41 bits per heavy atom. The van der Waals surface area contributed by atoms with E-state index in [1.54, 1.807) is 5.32 Å². The molecule has 0 radical (unpaired) electrons. The summed E-state index contributed by atoms with van der Waals surface area (Å²) in [7, 11) is 0. The number of nitrogens with one attached hydrogen (secondary N) is 2. The lowest BCUT2D eigenvalue weighted by Gasteiger charge is -2.11. The van der Waals surface area contributed by atoms with Gasteiger partial charge in [0, 0.05) is 0 Å². The first kappa shape index (κ1) is 13.2. The van der Waals surface area contributed by atoms with E-state index in [4.69, 9.17) is 0 Å². The highest BCUT2D eigenvalue weighted by Crippen LogP contribution is 2.27. The van der Waals surface area contributed by atoms with Crippen molar-refractivity contribution in [3.63, 3.8) is 0 Å². The summed E-state index contributed by atoms with van der Waals surface area (Å²) in [4.78, 5) is 13.3. The van der Waals surface area contributed by atoms with Crippen LogP contribution in [-0.2, 0) is 6.18 Å². The summed E-state index contributed by atoms with van der Waals surface area (Å²) in [6.45, 7) is 0. The molecule has 0 aliphatic heterocycles. The number of carbonyl (C=O) groups is 1. The van der Waals surface area contributed by atoms with E-state index in [0.29, 0.717) is 0 Å². The number of carbonyl (C=O) groups excluding carboxylic acids is 1. The van der Waals surface area contributed by atoms with E-state index in [1.165, 1.54) is 6.07 Å². The quantitative estimate of drug-likeness (QED) is 0.731. The van der Waals surface area contributed by atoms with Gasteiger partial charge in [0.05, 0.1) is 0 Å². The Kier molecular flexibility index (Phi) is 3.84. The predicted molar refractivity (Wildman–Crippen MR) is 54.0 cm³/mol. The van der Waals surface area contributed by atoms with Crippen LogP contribution < -0.4 is 15.7 Å². The van der Waals surface area contributed by atoms with Crippen molar-refractivity contribution >= 4 is 29.2 Å². The van der Waals surface area contributed by atoms with Gasteiger partial charge in [0.15, 0.2) is 5.11 Å². The summed E-state index contributed by atoms with van der Waals surface area (Å²) in [6, 6.07) is 3.10. The summed E-state index contributed by atoms with van der Waals surface area (Å²) in [5.41, 5.74) is -1.11. The van der Waals surface area contributed by atoms with E-state index >= 15 is 0 Å².